The maximum Gasteiger partial charge on any atom is 0.225 e. The summed E-state index contributed by atoms with van der Waals surface area (Å²) >= 11 is 1.74. The van der Waals surface area contributed by atoms with E-state index < -0.39 is 0 Å². The predicted octanol–water partition coefficient (Wildman–Crippen LogP) is 3.08. The van der Waals surface area contributed by atoms with Gasteiger partial charge in [-0.25, -0.2) is 9.97 Å². The zero-order valence-electron chi connectivity index (χ0n) is 14.4. The largest absolute Gasteiger partial charge is 0.355 e. The smallest absolute Gasteiger partial charge is 0.225 e. The average Bonchev–Trinajstić information content (AvgIpc) is 3.38. The number of aromatic nitrogens is 2. The normalized spacial score (nSPS) is 19.0. The highest BCUT2D eigenvalue weighted by Crippen LogP contribution is 2.34. The van der Waals surface area contributed by atoms with Gasteiger partial charge in [0, 0.05) is 32.6 Å². The fourth-order valence-corrected chi connectivity index (χ4v) is 4.65. The summed E-state index contributed by atoms with van der Waals surface area (Å²) in [5, 5.41) is 2.16. The maximum atomic E-state index is 12.1. The fraction of sp³-hybridized carbons (Fsp3) is 0.611. The summed E-state index contributed by atoms with van der Waals surface area (Å²) in [7, 11) is 1.97. The molecule has 0 radical (unpaired) electrons. The molecule has 1 aliphatic heterocycles. The summed E-state index contributed by atoms with van der Waals surface area (Å²) in [6, 6.07) is 0. The molecule has 3 heterocycles. The molecule has 24 heavy (non-hydrogen) atoms. The number of hydrogen-bond acceptors (Lipinski definition) is 5. The lowest BCUT2D eigenvalue weighted by molar-refractivity contribution is -0.131. The maximum absolute atomic E-state index is 12.1. The zero-order chi connectivity index (χ0) is 16.7. The highest BCUT2D eigenvalue weighted by molar-refractivity contribution is 7.18. The number of anilines is 1. The minimum absolute atomic E-state index is 0.325. The molecule has 0 unspecified atom stereocenters. The third-order valence-electron chi connectivity index (χ3n) is 5.26. The van der Waals surface area contributed by atoms with Crippen LogP contribution >= 0.6 is 11.3 Å². The summed E-state index contributed by atoms with van der Waals surface area (Å²) in [5.41, 5.74) is 2.32. The molecule has 0 bridgehead atoms. The molecular formula is C18H24N4OS. The fourth-order valence-electron chi connectivity index (χ4n) is 3.63. The molecule has 128 valence electrons. The van der Waals surface area contributed by atoms with E-state index in [1.54, 1.807) is 17.7 Å². The topological polar surface area (TPSA) is 49.3 Å². The van der Waals surface area contributed by atoms with Gasteiger partial charge in [-0.15, -0.1) is 11.3 Å². The Balaban J connectivity index is 1.39. The number of amides is 1. The van der Waals surface area contributed by atoms with Crippen LogP contribution in [-0.2, 0) is 4.79 Å². The highest BCUT2D eigenvalue weighted by atomic mass is 32.1. The van der Waals surface area contributed by atoms with Crippen LogP contribution in [0.5, 0.6) is 0 Å². The number of fused-ring (bicyclic) bond motifs is 1. The first-order chi connectivity index (χ1) is 11.6. The van der Waals surface area contributed by atoms with E-state index in [1.807, 2.05) is 11.9 Å². The van der Waals surface area contributed by atoms with Crippen LogP contribution in [-0.4, -0.2) is 47.5 Å². The van der Waals surface area contributed by atoms with Crippen molar-refractivity contribution in [3.05, 3.63) is 17.3 Å². The van der Waals surface area contributed by atoms with Gasteiger partial charge in [0.25, 0.3) is 0 Å². The third-order valence-corrected chi connectivity index (χ3v) is 6.34. The van der Waals surface area contributed by atoms with Gasteiger partial charge >= 0.3 is 0 Å². The average molecular weight is 344 g/mol. The number of carbonyl (C=O) groups is 1. The number of piperidine rings is 1. The monoisotopic (exact) mass is 344 g/mol. The van der Waals surface area contributed by atoms with Crippen molar-refractivity contribution in [2.75, 3.05) is 31.6 Å². The molecule has 1 amide bonds. The summed E-state index contributed by atoms with van der Waals surface area (Å²) < 4.78 is 1.20. The first-order valence-corrected chi connectivity index (χ1v) is 9.70. The minimum atomic E-state index is 0.325. The van der Waals surface area contributed by atoms with Gasteiger partial charge in [-0.3, -0.25) is 4.79 Å². The van der Waals surface area contributed by atoms with Crippen molar-refractivity contribution in [2.45, 2.75) is 32.6 Å². The zero-order valence-corrected chi connectivity index (χ0v) is 15.2. The van der Waals surface area contributed by atoms with Crippen molar-refractivity contribution >= 4 is 33.3 Å². The standard InChI is InChI=1S/C18H24N4OS/c1-12-10-24-16-15(12)19-11-20-17(16)22-7-5-13(6-8-22)9-21(2)18(23)14-3-4-14/h10-11,13-14H,3-9H2,1-2H3. The molecule has 0 aromatic carbocycles. The van der Waals surface area contributed by atoms with Crippen molar-refractivity contribution in [1.29, 1.82) is 0 Å². The van der Waals surface area contributed by atoms with E-state index in [2.05, 4.69) is 27.2 Å². The molecule has 5 nitrogen and oxygen atoms in total. The van der Waals surface area contributed by atoms with Crippen LogP contribution in [0.2, 0.25) is 0 Å². The second-order valence-corrected chi connectivity index (χ2v) is 8.10. The molecule has 0 N–H and O–H groups in total. The van der Waals surface area contributed by atoms with Gasteiger partial charge in [0.1, 0.15) is 12.1 Å². The Morgan fingerprint density at radius 2 is 2.04 bits per heavy atom. The molecular weight excluding hydrogens is 320 g/mol. The van der Waals surface area contributed by atoms with Crippen LogP contribution in [0.15, 0.2) is 11.7 Å². The highest BCUT2D eigenvalue weighted by Gasteiger charge is 2.33. The van der Waals surface area contributed by atoms with E-state index in [1.165, 1.54) is 10.3 Å². The van der Waals surface area contributed by atoms with E-state index in [0.717, 1.165) is 56.7 Å². The molecule has 4 rings (SSSR count). The Hall–Kier alpha value is -1.69. The molecule has 1 aliphatic carbocycles. The molecule has 2 fully saturated rings. The Kier molecular flexibility index (Phi) is 4.16. The van der Waals surface area contributed by atoms with Gasteiger partial charge in [-0.05, 0) is 49.5 Å². The van der Waals surface area contributed by atoms with Crippen molar-refractivity contribution < 1.29 is 4.79 Å². The Labute approximate surface area is 146 Å². The Morgan fingerprint density at radius 3 is 2.75 bits per heavy atom. The van der Waals surface area contributed by atoms with Crippen LogP contribution < -0.4 is 4.90 Å². The molecule has 6 heteroatoms. The van der Waals surface area contributed by atoms with Crippen molar-refractivity contribution in [3.63, 3.8) is 0 Å². The lowest BCUT2D eigenvalue weighted by Crippen LogP contribution is -2.40. The van der Waals surface area contributed by atoms with E-state index >= 15 is 0 Å². The summed E-state index contributed by atoms with van der Waals surface area (Å²) in [4.78, 5) is 25.4. The van der Waals surface area contributed by atoms with E-state index in [9.17, 15) is 4.79 Å². The van der Waals surface area contributed by atoms with Crippen LogP contribution in [0.1, 0.15) is 31.2 Å². The van der Waals surface area contributed by atoms with Crippen LogP contribution in [0.3, 0.4) is 0 Å². The van der Waals surface area contributed by atoms with E-state index in [0.29, 0.717) is 17.7 Å². The molecule has 2 aromatic heterocycles. The SMILES string of the molecule is Cc1csc2c(N3CCC(CN(C)C(=O)C4CC4)CC3)ncnc12. The molecule has 0 atom stereocenters. The molecule has 2 aromatic rings. The molecule has 1 saturated heterocycles. The first kappa shape index (κ1) is 15.8. The van der Waals surface area contributed by atoms with Gasteiger partial charge in [-0.1, -0.05) is 0 Å². The number of nitrogens with zero attached hydrogens (tertiary/aromatic N) is 4. The van der Waals surface area contributed by atoms with Crippen LogP contribution in [0, 0.1) is 18.8 Å². The molecule has 0 spiro atoms. The number of carbonyl (C=O) groups excluding carboxylic acids is 1. The predicted molar refractivity (Wildman–Crippen MR) is 97.5 cm³/mol. The number of thiophene rings is 1. The Morgan fingerprint density at radius 1 is 1.29 bits per heavy atom. The first-order valence-electron chi connectivity index (χ1n) is 8.82. The summed E-state index contributed by atoms with van der Waals surface area (Å²) in [6.07, 6.45) is 6.11. The van der Waals surface area contributed by atoms with Gasteiger partial charge in [0.05, 0.1) is 10.2 Å². The number of hydrogen-bond donors (Lipinski definition) is 0. The lowest BCUT2D eigenvalue weighted by atomic mass is 9.96. The van der Waals surface area contributed by atoms with Crippen molar-refractivity contribution in [3.8, 4) is 0 Å². The molecule has 2 aliphatic rings. The van der Waals surface area contributed by atoms with Gasteiger partial charge in [0.15, 0.2) is 0 Å². The quantitative estimate of drug-likeness (QED) is 0.855. The lowest BCUT2D eigenvalue weighted by Gasteiger charge is -2.34. The molecule has 1 saturated carbocycles. The van der Waals surface area contributed by atoms with Crippen molar-refractivity contribution in [1.82, 2.24) is 14.9 Å². The van der Waals surface area contributed by atoms with Crippen LogP contribution in [0.25, 0.3) is 10.2 Å². The second-order valence-electron chi connectivity index (χ2n) is 7.22. The van der Waals surface area contributed by atoms with E-state index in [-0.39, 0.29) is 0 Å². The number of rotatable bonds is 4. The summed E-state index contributed by atoms with van der Waals surface area (Å²) in [5.74, 6) is 2.37. The van der Waals surface area contributed by atoms with Crippen LogP contribution in [0.4, 0.5) is 5.82 Å². The van der Waals surface area contributed by atoms with Gasteiger partial charge in [0.2, 0.25) is 5.91 Å². The Bertz CT molecular complexity index is 747. The van der Waals surface area contributed by atoms with Crippen molar-refractivity contribution in [2.24, 2.45) is 11.8 Å². The summed E-state index contributed by atoms with van der Waals surface area (Å²) in [6.45, 7) is 5.04. The van der Waals surface area contributed by atoms with E-state index in [4.69, 9.17) is 0 Å². The third kappa shape index (κ3) is 2.99. The van der Waals surface area contributed by atoms with Gasteiger partial charge < -0.3 is 9.80 Å². The van der Waals surface area contributed by atoms with Gasteiger partial charge in [-0.2, -0.15) is 0 Å². The number of aryl methyl sites for hydroxylation is 1. The second kappa shape index (κ2) is 6.31. The minimum Gasteiger partial charge on any atom is -0.355 e.